The van der Waals surface area contributed by atoms with E-state index in [4.69, 9.17) is 18.9 Å². The number of ether oxygens (including phenoxy) is 4. The molecule has 14 nitrogen and oxygen atoms in total. The van der Waals surface area contributed by atoms with Crippen molar-refractivity contribution >= 4 is 5.91 Å². The topological polar surface area (TPSA) is 228 Å². The number of allylic oxidation sites excluding steroid dienone is 19. The molecule has 12 unspecified atom stereocenters. The molecule has 0 spiro atoms. The average molecular weight is 1260 g/mol. The van der Waals surface area contributed by atoms with Gasteiger partial charge in [-0.1, -0.05) is 277 Å². The maximum absolute atomic E-state index is 13.3. The monoisotopic (exact) mass is 1260 g/mol. The van der Waals surface area contributed by atoms with Crippen molar-refractivity contribution in [3.8, 4) is 0 Å². The lowest BCUT2D eigenvalue weighted by Gasteiger charge is -2.46. The molecule has 2 fully saturated rings. The van der Waals surface area contributed by atoms with E-state index in [-0.39, 0.29) is 18.9 Å². The Bertz CT molecular complexity index is 1980. The fraction of sp³-hybridized carbons (Fsp3) is 0.724. The number of unbranched alkanes of at least 4 members (excludes halogenated alkanes) is 26. The second-order valence-corrected chi connectivity index (χ2v) is 24.6. The number of hydrogen-bond acceptors (Lipinski definition) is 13. The number of carbonyl (C=O) groups is 1. The first-order valence-corrected chi connectivity index (χ1v) is 35.8. The molecule has 2 heterocycles. The molecule has 1 amide bonds. The summed E-state index contributed by atoms with van der Waals surface area (Å²) in [6, 6.07) is -0.946. The number of hydrogen-bond donors (Lipinski definition) is 9. The summed E-state index contributed by atoms with van der Waals surface area (Å²) in [5.41, 5.74) is 0. The minimum Gasteiger partial charge on any atom is -0.394 e. The number of aliphatic hydroxyl groups is 8. The van der Waals surface area contributed by atoms with E-state index in [1.54, 1.807) is 6.08 Å². The fourth-order valence-corrected chi connectivity index (χ4v) is 11.0. The van der Waals surface area contributed by atoms with Crippen LogP contribution in [-0.4, -0.2) is 140 Å². The molecule has 2 rings (SSSR count). The lowest BCUT2D eigenvalue weighted by atomic mass is 9.97. The van der Waals surface area contributed by atoms with Gasteiger partial charge in [0.05, 0.1) is 32.0 Å². The smallest absolute Gasteiger partial charge is 0.220 e. The standard InChI is InChI=1S/C76H129NO13/c1-3-5-7-9-11-13-15-17-19-21-23-25-27-28-29-30-31-32-33-34-35-36-38-40-42-44-46-48-50-52-54-56-58-60-68(81)77-64(63-87-75-73(86)71(84)74(67(62-79)89-75)90-76-72(85)70(83)69(82)66(61-78)88-76)65(80)59-57-55-53-51-49-47-45-43-41-39-37-26-24-22-20-18-16-14-12-10-8-6-4-2/h5,7,11,13,17,19,23,25,28-29,31-32,34-35,38,40,49,51,57,59,64-67,69-76,78-80,82-86H,3-4,6,8-10,12,14-16,18,20-22,24,26-27,30,33,36-37,39,41-48,50,52-56,58,60-63H2,1-2H3,(H,77,81)/b7-5-,13-11-,19-17-,25-23-,29-28-,32-31-,35-34-,40-38-,51-49+,59-57+. The molecule has 9 N–H and O–H groups in total. The normalized spacial score (nSPS) is 23.7. The van der Waals surface area contributed by atoms with Crippen molar-refractivity contribution in [3.63, 3.8) is 0 Å². The van der Waals surface area contributed by atoms with Gasteiger partial charge in [0.15, 0.2) is 12.6 Å². The first-order chi connectivity index (χ1) is 44.1. The van der Waals surface area contributed by atoms with Gasteiger partial charge in [-0.3, -0.25) is 4.79 Å². The minimum atomic E-state index is -1.80. The van der Waals surface area contributed by atoms with E-state index in [0.29, 0.717) is 12.8 Å². The molecule has 2 aliphatic rings. The van der Waals surface area contributed by atoms with Crippen LogP contribution in [0.3, 0.4) is 0 Å². The van der Waals surface area contributed by atoms with Gasteiger partial charge in [-0.25, -0.2) is 0 Å². The van der Waals surface area contributed by atoms with Crippen LogP contribution in [0.4, 0.5) is 0 Å². The van der Waals surface area contributed by atoms with Crippen molar-refractivity contribution in [2.24, 2.45) is 0 Å². The number of amides is 1. The average Bonchev–Trinajstić information content (AvgIpc) is 1.41. The summed E-state index contributed by atoms with van der Waals surface area (Å²) in [6.07, 6.45) is 69.6. The van der Waals surface area contributed by atoms with Gasteiger partial charge in [-0.2, -0.15) is 0 Å². The molecule has 14 heteroatoms. The maximum atomic E-state index is 13.3. The molecule has 0 aromatic carbocycles. The van der Waals surface area contributed by atoms with Gasteiger partial charge in [0.25, 0.3) is 0 Å². The highest BCUT2D eigenvalue weighted by Crippen LogP contribution is 2.30. The van der Waals surface area contributed by atoms with Gasteiger partial charge < -0.3 is 65.1 Å². The molecule has 0 saturated carbocycles. The van der Waals surface area contributed by atoms with Crippen LogP contribution >= 0.6 is 0 Å². The predicted octanol–water partition coefficient (Wildman–Crippen LogP) is 14.9. The zero-order chi connectivity index (χ0) is 65.2. The zero-order valence-corrected chi connectivity index (χ0v) is 56.1. The number of carbonyl (C=O) groups excluding carboxylic acids is 1. The van der Waals surface area contributed by atoms with Crippen LogP contribution in [0.5, 0.6) is 0 Å². The Morgan fingerprint density at radius 2 is 0.778 bits per heavy atom. The van der Waals surface area contributed by atoms with Crippen LogP contribution in [0.2, 0.25) is 0 Å². The molecule has 2 saturated heterocycles. The highest BCUT2D eigenvalue weighted by molar-refractivity contribution is 5.76. The molecule has 0 aromatic rings. The van der Waals surface area contributed by atoms with Crippen LogP contribution in [0.15, 0.2) is 122 Å². The van der Waals surface area contributed by atoms with E-state index in [1.807, 2.05) is 6.08 Å². The second kappa shape index (κ2) is 59.2. The lowest BCUT2D eigenvalue weighted by Crippen LogP contribution is -2.65. The molecule has 90 heavy (non-hydrogen) atoms. The van der Waals surface area contributed by atoms with Gasteiger partial charge in [0.1, 0.15) is 48.8 Å². The van der Waals surface area contributed by atoms with Crippen LogP contribution in [0.1, 0.15) is 258 Å². The van der Waals surface area contributed by atoms with E-state index in [9.17, 15) is 45.6 Å². The molecule has 0 bridgehead atoms. The van der Waals surface area contributed by atoms with Gasteiger partial charge >= 0.3 is 0 Å². The predicted molar refractivity (Wildman–Crippen MR) is 368 cm³/mol. The number of nitrogens with one attached hydrogen (secondary N) is 1. The Morgan fingerprint density at radius 1 is 0.411 bits per heavy atom. The first kappa shape index (κ1) is 82.5. The molecule has 516 valence electrons. The summed E-state index contributed by atoms with van der Waals surface area (Å²) in [5.74, 6) is -0.261. The van der Waals surface area contributed by atoms with Crippen LogP contribution in [-0.2, 0) is 23.7 Å². The molecule has 2 aliphatic heterocycles. The summed E-state index contributed by atoms with van der Waals surface area (Å²) >= 11 is 0. The Morgan fingerprint density at radius 3 is 1.22 bits per heavy atom. The van der Waals surface area contributed by atoms with Crippen molar-refractivity contribution in [1.29, 1.82) is 0 Å². The third kappa shape index (κ3) is 42.6. The molecule has 0 radical (unpaired) electrons. The van der Waals surface area contributed by atoms with Crippen molar-refractivity contribution in [2.45, 2.75) is 331 Å². The highest BCUT2D eigenvalue weighted by atomic mass is 16.7. The quantitative estimate of drug-likeness (QED) is 0.0204. The number of aliphatic hydroxyl groups excluding tert-OH is 8. The van der Waals surface area contributed by atoms with Gasteiger partial charge in [0.2, 0.25) is 5.91 Å². The summed E-state index contributed by atoms with van der Waals surface area (Å²) in [5, 5.41) is 87.4. The van der Waals surface area contributed by atoms with Crippen LogP contribution < -0.4 is 5.32 Å². The van der Waals surface area contributed by atoms with Gasteiger partial charge in [-0.05, 0) is 96.3 Å². The van der Waals surface area contributed by atoms with E-state index >= 15 is 0 Å². The van der Waals surface area contributed by atoms with Crippen molar-refractivity contribution < 1.29 is 64.6 Å². The van der Waals surface area contributed by atoms with Crippen LogP contribution in [0, 0.1) is 0 Å². The van der Waals surface area contributed by atoms with Gasteiger partial charge in [-0.15, -0.1) is 0 Å². The van der Waals surface area contributed by atoms with E-state index < -0.39 is 86.8 Å². The SMILES string of the molecule is CC/C=C\C/C=C\C/C=C\C/C=C\C/C=C\C/C=C\C/C=C\C/C=C\CCCCCCCCCCC(=O)NC(COC1OC(CO)C(OC2OC(CO)C(O)C(O)C2O)C(O)C1O)C(O)/C=C/CC/C=C/CCCCCCCCCCCCCCCCCCC. The third-order valence-corrected chi connectivity index (χ3v) is 16.6. The summed E-state index contributed by atoms with van der Waals surface area (Å²) in [6.45, 7) is 2.67. The summed E-state index contributed by atoms with van der Waals surface area (Å²) in [7, 11) is 0. The van der Waals surface area contributed by atoms with Gasteiger partial charge in [0, 0.05) is 6.42 Å². The molecule has 12 atom stereocenters. The van der Waals surface area contributed by atoms with E-state index in [2.05, 4.69) is 129 Å². The lowest BCUT2D eigenvalue weighted by molar-refractivity contribution is -0.359. The van der Waals surface area contributed by atoms with E-state index in [1.165, 1.54) is 128 Å². The van der Waals surface area contributed by atoms with Crippen molar-refractivity contribution in [1.82, 2.24) is 5.32 Å². The maximum Gasteiger partial charge on any atom is 0.220 e. The molecular formula is C76H129NO13. The Hall–Kier alpha value is -3.61. The van der Waals surface area contributed by atoms with Crippen molar-refractivity contribution in [3.05, 3.63) is 122 Å². The molecular weight excluding hydrogens is 1130 g/mol. The minimum absolute atomic E-state index is 0.256. The third-order valence-electron chi connectivity index (χ3n) is 16.6. The Kier molecular flexibility index (Phi) is 54.2. The Balaban J connectivity index is 1.70. The molecule has 0 aliphatic carbocycles. The summed E-state index contributed by atoms with van der Waals surface area (Å²) < 4.78 is 22.8. The number of rotatable bonds is 57. The largest absolute Gasteiger partial charge is 0.394 e. The van der Waals surface area contributed by atoms with Crippen LogP contribution in [0.25, 0.3) is 0 Å². The fourth-order valence-electron chi connectivity index (χ4n) is 11.0. The second-order valence-electron chi connectivity index (χ2n) is 24.6. The Labute approximate surface area is 546 Å². The van der Waals surface area contributed by atoms with E-state index in [0.717, 1.165) is 96.3 Å². The molecule has 0 aromatic heterocycles. The summed E-state index contributed by atoms with van der Waals surface area (Å²) in [4.78, 5) is 13.3. The zero-order valence-electron chi connectivity index (χ0n) is 56.1. The van der Waals surface area contributed by atoms with Crippen molar-refractivity contribution in [2.75, 3.05) is 19.8 Å². The first-order valence-electron chi connectivity index (χ1n) is 35.8. The highest BCUT2D eigenvalue weighted by Gasteiger charge is 2.51.